The number of aromatic nitrogens is 2. The van der Waals surface area contributed by atoms with Crippen LogP contribution in [0.25, 0.3) is 10.8 Å². The van der Waals surface area contributed by atoms with E-state index in [0.717, 1.165) is 10.8 Å². The van der Waals surface area contributed by atoms with Gasteiger partial charge in [0.15, 0.2) is 0 Å². The second-order valence-electron chi connectivity index (χ2n) is 3.83. The van der Waals surface area contributed by atoms with Crippen molar-refractivity contribution in [2.24, 2.45) is 0 Å². The van der Waals surface area contributed by atoms with Crippen LogP contribution in [0.5, 0.6) is 17.2 Å². The third-order valence-electron chi connectivity index (χ3n) is 2.58. The van der Waals surface area contributed by atoms with Crippen molar-refractivity contribution in [3.8, 4) is 17.2 Å². The van der Waals surface area contributed by atoms with Crippen LogP contribution < -0.4 is 4.74 Å². The van der Waals surface area contributed by atoms with E-state index in [1.54, 1.807) is 30.7 Å². The molecule has 3 aromatic rings. The van der Waals surface area contributed by atoms with Gasteiger partial charge in [-0.2, -0.15) is 0 Å². The van der Waals surface area contributed by atoms with Crippen LogP contribution in [0.4, 0.5) is 0 Å². The third kappa shape index (κ3) is 1.96. The maximum atomic E-state index is 9.64. The van der Waals surface area contributed by atoms with Crippen LogP contribution >= 0.6 is 0 Å². The minimum atomic E-state index is 0.167. The molecule has 4 nitrogen and oxygen atoms in total. The molecule has 0 fully saturated rings. The SMILES string of the molecule is Oc1cncc2cc(Oc3cccnc3)ccc12. The van der Waals surface area contributed by atoms with Gasteiger partial charge in [0.05, 0.1) is 12.4 Å². The summed E-state index contributed by atoms with van der Waals surface area (Å²) in [7, 11) is 0. The first-order valence-electron chi connectivity index (χ1n) is 5.47. The minimum Gasteiger partial charge on any atom is -0.506 e. The number of ether oxygens (including phenoxy) is 1. The van der Waals surface area contributed by atoms with E-state index >= 15 is 0 Å². The quantitative estimate of drug-likeness (QED) is 0.745. The number of hydrogen-bond acceptors (Lipinski definition) is 4. The molecule has 1 aromatic carbocycles. The highest BCUT2D eigenvalue weighted by Crippen LogP contribution is 2.28. The summed E-state index contributed by atoms with van der Waals surface area (Å²) < 4.78 is 5.65. The molecule has 88 valence electrons. The molecule has 0 saturated heterocycles. The fourth-order valence-corrected chi connectivity index (χ4v) is 1.75. The van der Waals surface area contributed by atoms with Gasteiger partial charge in [0.2, 0.25) is 0 Å². The number of rotatable bonds is 2. The zero-order chi connectivity index (χ0) is 12.4. The molecule has 0 saturated carbocycles. The second kappa shape index (κ2) is 4.33. The molecule has 2 heterocycles. The molecular formula is C14H10N2O2. The Labute approximate surface area is 104 Å². The Bertz CT molecular complexity index is 684. The Morgan fingerprint density at radius 3 is 2.72 bits per heavy atom. The fourth-order valence-electron chi connectivity index (χ4n) is 1.75. The highest BCUT2D eigenvalue weighted by Gasteiger charge is 2.02. The normalized spacial score (nSPS) is 10.4. The van der Waals surface area contributed by atoms with Crippen LogP contribution in [0.2, 0.25) is 0 Å². The molecule has 1 N–H and O–H groups in total. The van der Waals surface area contributed by atoms with Crippen LogP contribution in [-0.4, -0.2) is 15.1 Å². The van der Waals surface area contributed by atoms with Gasteiger partial charge in [0, 0.05) is 23.2 Å². The molecule has 4 heteroatoms. The first-order valence-corrected chi connectivity index (χ1v) is 5.47. The fraction of sp³-hybridized carbons (Fsp3) is 0. The van der Waals surface area contributed by atoms with Crippen molar-refractivity contribution in [1.82, 2.24) is 9.97 Å². The van der Waals surface area contributed by atoms with Gasteiger partial charge in [-0.05, 0) is 30.3 Å². The molecular weight excluding hydrogens is 228 g/mol. The molecule has 0 unspecified atom stereocenters. The number of fused-ring (bicyclic) bond motifs is 1. The molecule has 0 bridgehead atoms. The summed E-state index contributed by atoms with van der Waals surface area (Å²) in [6.07, 6.45) is 6.44. The standard InChI is InChI=1S/C14H10N2O2/c17-14-9-16-7-10-6-11(3-4-13(10)14)18-12-2-1-5-15-8-12/h1-9,17H. The Hall–Kier alpha value is -2.62. The van der Waals surface area contributed by atoms with Crippen LogP contribution in [0.3, 0.4) is 0 Å². The molecule has 0 aliphatic carbocycles. The van der Waals surface area contributed by atoms with Gasteiger partial charge in [-0.15, -0.1) is 0 Å². The van der Waals surface area contributed by atoms with Gasteiger partial charge in [-0.3, -0.25) is 9.97 Å². The van der Waals surface area contributed by atoms with E-state index in [4.69, 9.17) is 4.74 Å². The van der Waals surface area contributed by atoms with Crippen molar-refractivity contribution < 1.29 is 9.84 Å². The van der Waals surface area contributed by atoms with E-state index in [0.29, 0.717) is 11.5 Å². The van der Waals surface area contributed by atoms with Gasteiger partial charge in [0.25, 0.3) is 0 Å². The summed E-state index contributed by atoms with van der Waals surface area (Å²) in [5, 5.41) is 11.2. The number of benzene rings is 1. The molecule has 18 heavy (non-hydrogen) atoms. The number of hydrogen-bond donors (Lipinski definition) is 1. The van der Waals surface area contributed by atoms with Gasteiger partial charge in [0.1, 0.15) is 17.2 Å². The number of aromatic hydroxyl groups is 1. The zero-order valence-electron chi connectivity index (χ0n) is 9.45. The average Bonchev–Trinajstić information content (AvgIpc) is 2.40. The number of nitrogens with zero attached hydrogens (tertiary/aromatic N) is 2. The topological polar surface area (TPSA) is 55.2 Å². The maximum absolute atomic E-state index is 9.64. The summed E-state index contributed by atoms with van der Waals surface area (Å²) in [4.78, 5) is 7.92. The van der Waals surface area contributed by atoms with Crippen LogP contribution in [0.15, 0.2) is 55.1 Å². The van der Waals surface area contributed by atoms with E-state index in [9.17, 15) is 5.11 Å². The lowest BCUT2D eigenvalue weighted by Gasteiger charge is -2.06. The molecule has 0 aliphatic rings. The van der Waals surface area contributed by atoms with E-state index in [1.807, 2.05) is 18.2 Å². The van der Waals surface area contributed by atoms with Crippen LogP contribution in [0.1, 0.15) is 0 Å². The Morgan fingerprint density at radius 1 is 0.944 bits per heavy atom. The molecule has 0 amide bonds. The van der Waals surface area contributed by atoms with Gasteiger partial charge >= 0.3 is 0 Å². The molecule has 0 atom stereocenters. The predicted molar refractivity (Wildman–Crippen MR) is 67.7 cm³/mol. The lowest BCUT2D eigenvalue weighted by Crippen LogP contribution is -1.85. The molecule has 0 aliphatic heterocycles. The summed E-state index contributed by atoms with van der Waals surface area (Å²) in [5.74, 6) is 1.52. The van der Waals surface area contributed by atoms with Crippen LogP contribution in [-0.2, 0) is 0 Å². The lowest BCUT2D eigenvalue weighted by molar-refractivity contribution is 0.477. The summed E-state index contributed by atoms with van der Waals surface area (Å²) in [5.41, 5.74) is 0. The summed E-state index contributed by atoms with van der Waals surface area (Å²) in [6, 6.07) is 9.07. The largest absolute Gasteiger partial charge is 0.506 e. The first kappa shape index (κ1) is 10.5. The van der Waals surface area contributed by atoms with Gasteiger partial charge in [-0.25, -0.2) is 0 Å². The average molecular weight is 238 g/mol. The smallest absolute Gasteiger partial charge is 0.145 e. The van der Waals surface area contributed by atoms with E-state index in [1.165, 1.54) is 6.20 Å². The molecule has 0 spiro atoms. The van der Waals surface area contributed by atoms with Crippen molar-refractivity contribution in [3.05, 3.63) is 55.1 Å². The maximum Gasteiger partial charge on any atom is 0.145 e. The predicted octanol–water partition coefficient (Wildman–Crippen LogP) is 3.13. The first-order chi connectivity index (χ1) is 8.83. The van der Waals surface area contributed by atoms with E-state index in [-0.39, 0.29) is 5.75 Å². The van der Waals surface area contributed by atoms with Crippen molar-refractivity contribution in [1.29, 1.82) is 0 Å². The molecule has 0 radical (unpaired) electrons. The minimum absolute atomic E-state index is 0.167. The zero-order valence-corrected chi connectivity index (χ0v) is 9.45. The van der Waals surface area contributed by atoms with Crippen LogP contribution in [0, 0.1) is 0 Å². The van der Waals surface area contributed by atoms with Gasteiger partial charge in [-0.1, -0.05) is 0 Å². The lowest BCUT2D eigenvalue weighted by atomic mass is 10.1. The Morgan fingerprint density at radius 2 is 1.89 bits per heavy atom. The Balaban J connectivity index is 1.99. The number of pyridine rings is 2. The monoisotopic (exact) mass is 238 g/mol. The highest BCUT2D eigenvalue weighted by atomic mass is 16.5. The second-order valence-corrected chi connectivity index (χ2v) is 3.83. The van der Waals surface area contributed by atoms with Crippen molar-refractivity contribution in [2.45, 2.75) is 0 Å². The van der Waals surface area contributed by atoms with Crippen molar-refractivity contribution >= 4 is 10.8 Å². The summed E-state index contributed by atoms with van der Waals surface area (Å²) in [6.45, 7) is 0. The van der Waals surface area contributed by atoms with E-state index < -0.39 is 0 Å². The van der Waals surface area contributed by atoms with E-state index in [2.05, 4.69) is 9.97 Å². The highest BCUT2D eigenvalue weighted by molar-refractivity contribution is 5.88. The third-order valence-corrected chi connectivity index (χ3v) is 2.58. The molecule has 3 rings (SSSR count). The van der Waals surface area contributed by atoms with Crippen molar-refractivity contribution in [2.75, 3.05) is 0 Å². The Kier molecular flexibility index (Phi) is 2.53. The summed E-state index contributed by atoms with van der Waals surface area (Å²) >= 11 is 0. The van der Waals surface area contributed by atoms with Gasteiger partial charge < -0.3 is 9.84 Å². The molecule has 2 aromatic heterocycles. The van der Waals surface area contributed by atoms with Crippen molar-refractivity contribution in [3.63, 3.8) is 0 Å².